The second-order valence-electron chi connectivity index (χ2n) is 4.63. The number of aromatic nitrogens is 3. The summed E-state index contributed by atoms with van der Waals surface area (Å²) in [6, 6.07) is 8.85. The number of fused-ring (bicyclic) bond motifs is 1. The van der Waals surface area contributed by atoms with E-state index >= 15 is 0 Å². The minimum absolute atomic E-state index is 0.0300. The molecule has 2 aromatic heterocycles. The molecule has 3 aromatic rings. The van der Waals surface area contributed by atoms with Gasteiger partial charge < -0.3 is 0 Å². The number of para-hydroxylation sites is 1. The largest absolute Gasteiger partial charge is 0.296 e. The summed E-state index contributed by atoms with van der Waals surface area (Å²) < 4.78 is 11.9. The van der Waals surface area contributed by atoms with Crippen LogP contribution in [-0.4, -0.2) is 36.8 Å². The van der Waals surface area contributed by atoms with Crippen molar-refractivity contribution >= 4 is 48.0 Å². The van der Waals surface area contributed by atoms with Gasteiger partial charge in [0.2, 0.25) is 9.47 Å². The van der Waals surface area contributed by atoms with Crippen molar-refractivity contribution in [2.45, 2.75) is 4.34 Å². The first-order chi connectivity index (χ1) is 11.0. The first-order valence-electron chi connectivity index (χ1n) is 6.38. The fraction of sp³-hybridized carbons (Fsp3) is 0.0714. The van der Waals surface area contributed by atoms with Gasteiger partial charge in [-0.3, -0.25) is 15.1 Å². The van der Waals surface area contributed by atoms with Crippen LogP contribution in [-0.2, 0) is 14.3 Å². The lowest BCUT2D eigenvalue weighted by molar-refractivity contribution is 0.102. The lowest BCUT2D eigenvalue weighted by atomic mass is 10.1. The summed E-state index contributed by atoms with van der Waals surface area (Å²) >= 11 is 0.885. The molecule has 2 heterocycles. The molecule has 1 aromatic carbocycles. The number of anilines is 1. The van der Waals surface area contributed by atoms with Crippen LogP contribution in [0.25, 0.3) is 10.9 Å². The first kappa shape index (κ1) is 15.3. The first-order valence-corrected chi connectivity index (χ1v) is 9.16. The van der Waals surface area contributed by atoms with Crippen LogP contribution in [0.5, 0.6) is 0 Å². The van der Waals surface area contributed by atoms with E-state index in [4.69, 9.17) is 0 Å². The maximum Gasteiger partial charge on any atom is 0.258 e. The number of pyridine rings is 1. The number of nitrogens with one attached hydrogen (secondary N) is 1. The molecule has 0 aliphatic rings. The van der Waals surface area contributed by atoms with Gasteiger partial charge in [-0.25, -0.2) is 9.00 Å². The Balaban J connectivity index is 1.93. The number of hydrogen-bond donors (Lipinski definition) is 1. The standard InChI is InChI=1S/C14H10N4O3S2/c1-23(21,8-19)14-18-17-13(22-14)16-12(20)10-6-7-15-11-5-3-2-4-9(10)11/h2-7H,1H3,(H,16,17,20). The highest BCUT2D eigenvalue weighted by molar-refractivity contribution is 8.01. The number of benzene rings is 1. The van der Waals surface area contributed by atoms with Gasteiger partial charge >= 0.3 is 0 Å². The molecular weight excluding hydrogens is 336 g/mol. The molecule has 0 saturated carbocycles. The van der Waals surface area contributed by atoms with Gasteiger partial charge in [-0.2, -0.15) is 0 Å². The van der Waals surface area contributed by atoms with E-state index in [1.807, 2.05) is 12.1 Å². The SMILES string of the molecule is CS(=O)(=C=O)c1nnc(NC(=O)c2ccnc3ccccc23)s1. The molecule has 1 atom stereocenters. The van der Waals surface area contributed by atoms with Gasteiger partial charge in [0.05, 0.1) is 11.1 Å². The van der Waals surface area contributed by atoms with Crippen LogP contribution >= 0.6 is 11.3 Å². The normalized spacial score (nSPS) is 13.3. The van der Waals surface area contributed by atoms with Crippen molar-refractivity contribution in [3.63, 3.8) is 0 Å². The van der Waals surface area contributed by atoms with Crippen molar-refractivity contribution in [2.24, 2.45) is 0 Å². The van der Waals surface area contributed by atoms with Crippen molar-refractivity contribution in [2.75, 3.05) is 11.6 Å². The topological polar surface area (TPSA) is 102 Å². The Morgan fingerprint density at radius 2 is 2.04 bits per heavy atom. The predicted octanol–water partition coefficient (Wildman–Crippen LogP) is 1.68. The summed E-state index contributed by atoms with van der Waals surface area (Å²) in [5, 5.41) is 12.3. The zero-order chi connectivity index (χ0) is 16.4. The zero-order valence-corrected chi connectivity index (χ0v) is 13.5. The Hall–Kier alpha value is -2.61. The summed E-state index contributed by atoms with van der Waals surface area (Å²) in [5.41, 5.74) is 1.14. The van der Waals surface area contributed by atoms with E-state index in [9.17, 15) is 13.8 Å². The maximum absolute atomic E-state index is 12.4. The fourth-order valence-corrected chi connectivity index (χ4v) is 3.63. The number of nitrogens with zero attached hydrogens (tertiary/aromatic N) is 3. The molecule has 0 bridgehead atoms. The molecule has 0 spiro atoms. The molecule has 1 N–H and O–H groups in total. The van der Waals surface area contributed by atoms with Crippen LogP contribution in [0.1, 0.15) is 10.4 Å². The average Bonchev–Trinajstić information content (AvgIpc) is 3.03. The molecule has 0 aliphatic heterocycles. The van der Waals surface area contributed by atoms with Gasteiger partial charge in [-0.1, -0.05) is 29.5 Å². The molecule has 1 amide bonds. The number of rotatable bonds is 3. The van der Waals surface area contributed by atoms with Crippen molar-refractivity contribution in [3.05, 3.63) is 42.1 Å². The van der Waals surface area contributed by atoms with Crippen LogP contribution in [0.15, 0.2) is 40.9 Å². The molecule has 116 valence electrons. The van der Waals surface area contributed by atoms with E-state index in [0.717, 1.165) is 11.3 Å². The fourth-order valence-electron chi connectivity index (χ4n) is 1.91. The Morgan fingerprint density at radius 3 is 2.83 bits per heavy atom. The highest BCUT2D eigenvalue weighted by Gasteiger charge is 2.16. The third kappa shape index (κ3) is 2.98. The van der Waals surface area contributed by atoms with Crippen LogP contribution in [0.2, 0.25) is 0 Å². The zero-order valence-electron chi connectivity index (χ0n) is 11.8. The third-order valence-electron chi connectivity index (χ3n) is 3.01. The summed E-state index contributed by atoms with van der Waals surface area (Å²) in [5.74, 6) is -0.385. The van der Waals surface area contributed by atoms with Crippen molar-refractivity contribution in [3.8, 4) is 0 Å². The quantitative estimate of drug-likeness (QED) is 0.572. The van der Waals surface area contributed by atoms with E-state index in [1.165, 1.54) is 11.5 Å². The van der Waals surface area contributed by atoms with Gasteiger partial charge in [-0.05, 0) is 12.1 Å². The maximum atomic E-state index is 12.4. The van der Waals surface area contributed by atoms with E-state index < -0.39 is 9.52 Å². The molecule has 3 rings (SSSR count). The minimum atomic E-state index is -2.98. The van der Waals surface area contributed by atoms with E-state index in [-0.39, 0.29) is 15.4 Å². The van der Waals surface area contributed by atoms with Crippen LogP contribution < -0.4 is 5.32 Å². The van der Waals surface area contributed by atoms with Gasteiger partial charge in [0.15, 0.2) is 5.23 Å². The Kier molecular flexibility index (Phi) is 3.91. The van der Waals surface area contributed by atoms with Gasteiger partial charge in [0.1, 0.15) is 9.52 Å². The number of amides is 1. The summed E-state index contributed by atoms with van der Waals surface area (Å²) in [4.78, 5) is 27.3. The second-order valence-corrected chi connectivity index (χ2v) is 8.11. The average molecular weight is 346 g/mol. The van der Waals surface area contributed by atoms with Crippen molar-refractivity contribution in [1.29, 1.82) is 0 Å². The predicted molar refractivity (Wildman–Crippen MR) is 87.6 cm³/mol. The monoisotopic (exact) mass is 346 g/mol. The van der Waals surface area contributed by atoms with Crippen LogP contribution in [0.4, 0.5) is 5.13 Å². The minimum Gasteiger partial charge on any atom is -0.296 e. The molecule has 9 heteroatoms. The molecule has 0 saturated heterocycles. The summed E-state index contributed by atoms with van der Waals surface area (Å²) in [7, 11) is -2.98. The van der Waals surface area contributed by atoms with E-state index in [0.29, 0.717) is 16.5 Å². The van der Waals surface area contributed by atoms with Gasteiger partial charge in [-0.15, -0.1) is 10.2 Å². The lowest BCUT2D eigenvalue weighted by Crippen LogP contribution is -2.12. The smallest absolute Gasteiger partial charge is 0.258 e. The Bertz CT molecular complexity index is 1040. The molecular formula is C14H10N4O3S2. The molecule has 0 radical (unpaired) electrons. The Morgan fingerprint density at radius 1 is 1.26 bits per heavy atom. The van der Waals surface area contributed by atoms with Crippen LogP contribution in [0, 0.1) is 0 Å². The third-order valence-corrected chi connectivity index (χ3v) is 5.92. The highest BCUT2D eigenvalue weighted by atomic mass is 32.2. The van der Waals surface area contributed by atoms with Gasteiger partial charge in [0.25, 0.3) is 5.91 Å². The summed E-state index contributed by atoms with van der Waals surface area (Å²) in [6.07, 6.45) is 2.77. The number of carbonyl (C=O) groups is 1. The molecule has 23 heavy (non-hydrogen) atoms. The van der Waals surface area contributed by atoms with Gasteiger partial charge in [0, 0.05) is 17.8 Å². The lowest BCUT2D eigenvalue weighted by Gasteiger charge is -2.04. The second kappa shape index (κ2) is 5.88. The van der Waals surface area contributed by atoms with E-state index in [2.05, 4.69) is 20.5 Å². The van der Waals surface area contributed by atoms with Crippen LogP contribution in [0.3, 0.4) is 0 Å². The molecule has 0 fully saturated rings. The van der Waals surface area contributed by atoms with Crippen molar-refractivity contribution in [1.82, 2.24) is 15.2 Å². The molecule has 1 unspecified atom stereocenters. The summed E-state index contributed by atoms with van der Waals surface area (Å²) in [6.45, 7) is 0. The van der Waals surface area contributed by atoms with E-state index in [1.54, 1.807) is 24.4 Å². The highest BCUT2D eigenvalue weighted by Crippen LogP contribution is 2.22. The number of carbonyl (C=O) groups excluding carboxylic acids is 2. The van der Waals surface area contributed by atoms with Crippen molar-refractivity contribution < 1.29 is 13.8 Å². The Labute approximate surface area is 135 Å². The number of hydrogen-bond acceptors (Lipinski definition) is 7. The molecule has 0 aliphatic carbocycles. The molecule has 7 nitrogen and oxygen atoms in total.